The third kappa shape index (κ3) is 3.83. The van der Waals surface area contributed by atoms with Crippen molar-refractivity contribution < 1.29 is 13.9 Å². The molecule has 1 N–H and O–H groups in total. The molecule has 0 radical (unpaired) electrons. The molecule has 0 spiro atoms. The van der Waals surface area contributed by atoms with E-state index in [1.54, 1.807) is 31.4 Å². The molecule has 0 saturated carbocycles. The number of amides is 1. The van der Waals surface area contributed by atoms with Crippen LogP contribution in [0.1, 0.15) is 5.56 Å². The van der Waals surface area contributed by atoms with Crippen LogP contribution in [0.2, 0.25) is 0 Å². The predicted molar refractivity (Wildman–Crippen MR) is 80.8 cm³/mol. The number of nitriles is 1. The smallest absolute Gasteiger partial charge is 0.242 e. The first-order valence-electron chi connectivity index (χ1n) is 6.72. The zero-order valence-corrected chi connectivity index (χ0v) is 12.0. The van der Waals surface area contributed by atoms with Gasteiger partial charge in [-0.15, -0.1) is 0 Å². The van der Waals surface area contributed by atoms with Gasteiger partial charge >= 0.3 is 0 Å². The molecular formula is C17H15FN2O2. The first-order valence-corrected chi connectivity index (χ1v) is 6.72. The first kappa shape index (κ1) is 15.5. The second kappa shape index (κ2) is 7.23. The quantitative estimate of drug-likeness (QED) is 0.922. The number of halogens is 1. The number of nitrogens with one attached hydrogen (secondary N) is 1. The van der Waals surface area contributed by atoms with Crippen molar-refractivity contribution in [2.24, 2.45) is 5.92 Å². The van der Waals surface area contributed by atoms with Crippen molar-refractivity contribution in [1.29, 1.82) is 5.26 Å². The van der Waals surface area contributed by atoms with Crippen molar-refractivity contribution in [1.82, 2.24) is 0 Å². The van der Waals surface area contributed by atoms with Crippen molar-refractivity contribution in [2.45, 2.75) is 6.42 Å². The maximum atomic E-state index is 13.5. The molecule has 4 nitrogen and oxygen atoms in total. The molecule has 0 heterocycles. The Hall–Kier alpha value is -2.87. The summed E-state index contributed by atoms with van der Waals surface area (Å²) in [6.07, 6.45) is 0.230. The highest BCUT2D eigenvalue weighted by Gasteiger charge is 2.19. The summed E-state index contributed by atoms with van der Waals surface area (Å²) in [5.41, 5.74) is 0.868. The molecule has 2 aromatic rings. The zero-order chi connectivity index (χ0) is 15.9. The number of anilines is 1. The Labute approximate surface area is 128 Å². The highest BCUT2D eigenvalue weighted by Crippen LogP contribution is 2.18. The van der Waals surface area contributed by atoms with E-state index in [1.807, 2.05) is 12.1 Å². The van der Waals surface area contributed by atoms with Gasteiger partial charge in [0.25, 0.3) is 0 Å². The predicted octanol–water partition coefficient (Wildman–Crippen LogP) is 3.16. The lowest BCUT2D eigenvalue weighted by Gasteiger charge is -2.11. The molecule has 22 heavy (non-hydrogen) atoms. The number of para-hydroxylation sites is 1. The summed E-state index contributed by atoms with van der Waals surface area (Å²) in [6.45, 7) is 0. The van der Waals surface area contributed by atoms with E-state index in [0.29, 0.717) is 5.75 Å². The van der Waals surface area contributed by atoms with E-state index in [0.717, 1.165) is 5.56 Å². The van der Waals surface area contributed by atoms with Gasteiger partial charge in [0.2, 0.25) is 5.91 Å². The molecule has 0 saturated heterocycles. The van der Waals surface area contributed by atoms with Gasteiger partial charge in [-0.05, 0) is 36.2 Å². The normalized spacial score (nSPS) is 11.3. The Kier molecular flexibility index (Phi) is 5.10. The molecule has 5 heteroatoms. The minimum atomic E-state index is -0.910. The maximum absolute atomic E-state index is 13.5. The Bertz CT molecular complexity index is 710. The number of methoxy groups -OCH3 is 1. The van der Waals surface area contributed by atoms with Crippen LogP contribution < -0.4 is 10.1 Å². The molecular weight excluding hydrogens is 283 g/mol. The maximum Gasteiger partial charge on any atom is 0.242 e. The molecule has 112 valence electrons. The van der Waals surface area contributed by atoms with Crippen LogP contribution in [0.5, 0.6) is 5.75 Å². The molecule has 0 aromatic heterocycles. The van der Waals surface area contributed by atoms with Gasteiger partial charge in [0, 0.05) is 0 Å². The minimum Gasteiger partial charge on any atom is -0.497 e. The topological polar surface area (TPSA) is 62.1 Å². The second-order valence-electron chi connectivity index (χ2n) is 4.71. The molecule has 0 aliphatic rings. The van der Waals surface area contributed by atoms with Gasteiger partial charge in [-0.3, -0.25) is 4.79 Å². The second-order valence-corrected chi connectivity index (χ2v) is 4.71. The van der Waals surface area contributed by atoms with Crippen LogP contribution in [0.15, 0.2) is 48.5 Å². The van der Waals surface area contributed by atoms with E-state index in [4.69, 9.17) is 4.74 Å². The van der Waals surface area contributed by atoms with Crippen LogP contribution in [0, 0.1) is 23.1 Å². The van der Waals surface area contributed by atoms with Crippen LogP contribution in [0.3, 0.4) is 0 Å². The highest BCUT2D eigenvalue weighted by molar-refractivity contribution is 5.94. The molecule has 1 atom stereocenters. The van der Waals surface area contributed by atoms with Gasteiger partial charge in [-0.1, -0.05) is 24.3 Å². The number of carbonyl (C=O) groups is 1. The summed E-state index contributed by atoms with van der Waals surface area (Å²) in [5.74, 6) is -1.32. The summed E-state index contributed by atoms with van der Waals surface area (Å²) >= 11 is 0. The lowest BCUT2D eigenvalue weighted by atomic mass is 9.99. The molecule has 0 unspecified atom stereocenters. The molecule has 0 aliphatic heterocycles. The van der Waals surface area contributed by atoms with E-state index in [-0.39, 0.29) is 12.1 Å². The molecule has 0 fully saturated rings. The Morgan fingerprint density at radius 3 is 2.77 bits per heavy atom. The fourth-order valence-corrected chi connectivity index (χ4v) is 2.01. The highest BCUT2D eigenvalue weighted by atomic mass is 19.1. The Morgan fingerprint density at radius 1 is 1.32 bits per heavy atom. The number of nitrogens with zero attached hydrogens (tertiary/aromatic N) is 1. The van der Waals surface area contributed by atoms with E-state index >= 15 is 0 Å². The molecule has 1 amide bonds. The van der Waals surface area contributed by atoms with Gasteiger partial charge < -0.3 is 10.1 Å². The number of hydrogen-bond donors (Lipinski definition) is 1. The average Bonchev–Trinajstić information content (AvgIpc) is 2.54. The number of hydrogen-bond acceptors (Lipinski definition) is 3. The van der Waals surface area contributed by atoms with E-state index in [1.165, 1.54) is 18.2 Å². The standard InChI is InChI=1S/C17H15FN2O2/c1-22-14-6-4-5-12(10-14)9-13(11-19)17(21)20-16-8-3-2-7-15(16)18/h2-8,10,13H,9H2,1H3,(H,20,21)/t13-/m1/s1. The van der Waals surface area contributed by atoms with E-state index < -0.39 is 17.6 Å². The van der Waals surface area contributed by atoms with E-state index in [2.05, 4.69) is 5.32 Å². The molecule has 2 rings (SSSR count). The summed E-state index contributed by atoms with van der Waals surface area (Å²) in [6, 6.07) is 14.9. The van der Waals surface area contributed by atoms with Crippen LogP contribution >= 0.6 is 0 Å². The van der Waals surface area contributed by atoms with Crippen molar-refractivity contribution >= 4 is 11.6 Å². The van der Waals surface area contributed by atoms with Crippen molar-refractivity contribution in [3.05, 3.63) is 59.9 Å². The van der Waals surface area contributed by atoms with Gasteiger partial charge in [0.05, 0.1) is 18.9 Å². The first-order chi connectivity index (χ1) is 10.6. The number of ether oxygens (including phenoxy) is 1. The van der Waals surface area contributed by atoms with Gasteiger partial charge in [-0.2, -0.15) is 5.26 Å². The zero-order valence-electron chi connectivity index (χ0n) is 12.0. The molecule has 0 aliphatic carbocycles. The van der Waals surface area contributed by atoms with Crippen LogP contribution in [0.4, 0.5) is 10.1 Å². The van der Waals surface area contributed by atoms with Crippen molar-refractivity contribution in [2.75, 3.05) is 12.4 Å². The fraction of sp³-hybridized carbons (Fsp3) is 0.176. The van der Waals surface area contributed by atoms with Crippen LogP contribution in [-0.4, -0.2) is 13.0 Å². The molecule has 0 bridgehead atoms. The van der Waals surface area contributed by atoms with Crippen LogP contribution in [0.25, 0.3) is 0 Å². The number of rotatable bonds is 5. The number of carbonyl (C=O) groups excluding carboxylic acids is 1. The SMILES string of the molecule is COc1cccc(C[C@H](C#N)C(=O)Nc2ccccc2F)c1. The minimum absolute atomic E-state index is 0.0680. The fourth-order valence-electron chi connectivity index (χ4n) is 2.01. The van der Waals surface area contributed by atoms with E-state index in [9.17, 15) is 14.4 Å². The third-order valence-corrected chi connectivity index (χ3v) is 3.18. The summed E-state index contributed by atoms with van der Waals surface area (Å²) in [5, 5.41) is 11.6. The average molecular weight is 298 g/mol. The lowest BCUT2D eigenvalue weighted by Crippen LogP contribution is -2.24. The third-order valence-electron chi connectivity index (χ3n) is 3.18. The monoisotopic (exact) mass is 298 g/mol. The van der Waals surface area contributed by atoms with Crippen molar-refractivity contribution in [3.63, 3.8) is 0 Å². The van der Waals surface area contributed by atoms with Gasteiger partial charge in [0.1, 0.15) is 17.5 Å². The lowest BCUT2D eigenvalue weighted by molar-refractivity contribution is -0.118. The summed E-state index contributed by atoms with van der Waals surface area (Å²) < 4.78 is 18.6. The Balaban J connectivity index is 2.09. The molecule has 2 aromatic carbocycles. The number of benzene rings is 2. The van der Waals surface area contributed by atoms with Gasteiger partial charge in [-0.25, -0.2) is 4.39 Å². The Morgan fingerprint density at radius 2 is 2.09 bits per heavy atom. The van der Waals surface area contributed by atoms with Crippen LogP contribution in [-0.2, 0) is 11.2 Å². The summed E-state index contributed by atoms with van der Waals surface area (Å²) in [7, 11) is 1.55. The summed E-state index contributed by atoms with van der Waals surface area (Å²) in [4.78, 5) is 12.1. The van der Waals surface area contributed by atoms with Crippen molar-refractivity contribution in [3.8, 4) is 11.8 Å². The largest absolute Gasteiger partial charge is 0.497 e. The van der Waals surface area contributed by atoms with Gasteiger partial charge in [0.15, 0.2) is 0 Å².